The summed E-state index contributed by atoms with van der Waals surface area (Å²) in [5.41, 5.74) is 1.35. The number of esters is 1. The fraction of sp³-hybridized carbons (Fsp3) is 0.316. The summed E-state index contributed by atoms with van der Waals surface area (Å²) in [6, 6.07) is 14.6. The quantitative estimate of drug-likeness (QED) is 0.791. The number of likely N-dealkylation sites (N-methyl/N-ethyl adjacent to an activating group) is 1. The summed E-state index contributed by atoms with van der Waals surface area (Å²) >= 11 is 0. The number of hydrogen-bond donors (Lipinski definition) is 1. The Morgan fingerprint density at radius 3 is 2.25 bits per heavy atom. The van der Waals surface area contributed by atoms with Gasteiger partial charge in [-0.3, -0.25) is 0 Å². The van der Waals surface area contributed by atoms with Gasteiger partial charge in [-0.1, -0.05) is 30.3 Å². The summed E-state index contributed by atoms with van der Waals surface area (Å²) < 4.78 is 16.2. The molecule has 0 bridgehead atoms. The molecule has 128 valence electrons. The van der Waals surface area contributed by atoms with Crippen LogP contribution in [0.5, 0.6) is 11.5 Å². The van der Waals surface area contributed by atoms with Gasteiger partial charge in [-0.25, -0.2) is 4.79 Å². The number of carbonyl (C=O) groups is 1. The van der Waals surface area contributed by atoms with E-state index in [1.165, 1.54) is 7.11 Å². The molecule has 2 aromatic carbocycles. The SMILES string of the molecule is CNC(C)C(OC(=O)c1ccc(OC)c(OC)c1)c1ccccc1. The maximum Gasteiger partial charge on any atom is 0.338 e. The van der Waals surface area contributed by atoms with Crippen LogP contribution in [-0.2, 0) is 4.74 Å². The molecule has 2 atom stereocenters. The molecule has 2 unspecified atom stereocenters. The van der Waals surface area contributed by atoms with E-state index in [9.17, 15) is 4.79 Å². The van der Waals surface area contributed by atoms with E-state index in [1.807, 2.05) is 44.3 Å². The Hall–Kier alpha value is -2.53. The molecule has 5 nitrogen and oxygen atoms in total. The molecule has 0 saturated heterocycles. The highest BCUT2D eigenvalue weighted by Gasteiger charge is 2.23. The van der Waals surface area contributed by atoms with Gasteiger partial charge in [0.2, 0.25) is 0 Å². The van der Waals surface area contributed by atoms with Gasteiger partial charge >= 0.3 is 5.97 Å². The Labute approximate surface area is 142 Å². The first kappa shape index (κ1) is 17.8. The van der Waals surface area contributed by atoms with Gasteiger partial charge in [0.15, 0.2) is 11.5 Å². The van der Waals surface area contributed by atoms with Gasteiger partial charge in [0.1, 0.15) is 6.10 Å². The van der Waals surface area contributed by atoms with Crippen LogP contribution in [0.25, 0.3) is 0 Å². The molecule has 0 fully saturated rings. The Morgan fingerprint density at radius 2 is 1.67 bits per heavy atom. The molecule has 0 amide bonds. The first-order chi connectivity index (χ1) is 11.6. The summed E-state index contributed by atoms with van der Waals surface area (Å²) in [6.45, 7) is 1.97. The van der Waals surface area contributed by atoms with Gasteiger partial charge in [-0.15, -0.1) is 0 Å². The second kappa shape index (κ2) is 8.36. The minimum atomic E-state index is -0.410. The van der Waals surface area contributed by atoms with E-state index < -0.39 is 12.1 Å². The van der Waals surface area contributed by atoms with Crippen LogP contribution in [0.1, 0.15) is 28.9 Å². The van der Waals surface area contributed by atoms with Gasteiger partial charge in [-0.2, -0.15) is 0 Å². The average molecular weight is 329 g/mol. The van der Waals surface area contributed by atoms with Gasteiger partial charge in [0, 0.05) is 6.04 Å². The number of ether oxygens (including phenoxy) is 3. The van der Waals surface area contributed by atoms with Crippen molar-refractivity contribution in [3.63, 3.8) is 0 Å². The molecule has 5 heteroatoms. The molecular weight excluding hydrogens is 306 g/mol. The number of carbonyl (C=O) groups excluding carboxylic acids is 1. The Morgan fingerprint density at radius 1 is 1.00 bits per heavy atom. The third-order valence-corrected chi connectivity index (χ3v) is 3.89. The minimum absolute atomic E-state index is 0.0310. The van der Waals surface area contributed by atoms with Crippen LogP contribution in [0.4, 0.5) is 0 Å². The molecule has 1 N–H and O–H groups in total. The first-order valence-corrected chi connectivity index (χ1v) is 7.76. The van der Waals surface area contributed by atoms with Crippen LogP contribution >= 0.6 is 0 Å². The lowest BCUT2D eigenvalue weighted by Crippen LogP contribution is -2.32. The summed E-state index contributed by atoms with van der Waals surface area (Å²) in [5, 5.41) is 3.14. The topological polar surface area (TPSA) is 56.8 Å². The molecule has 0 aliphatic rings. The second-order valence-electron chi connectivity index (χ2n) is 5.38. The van der Waals surface area contributed by atoms with Crippen LogP contribution in [0, 0.1) is 0 Å². The predicted molar refractivity (Wildman–Crippen MR) is 92.7 cm³/mol. The molecule has 0 aromatic heterocycles. The summed E-state index contributed by atoms with van der Waals surface area (Å²) in [4.78, 5) is 12.6. The molecular formula is C19H23NO4. The largest absolute Gasteiger partial charge is 0.493 e. The highest BCUT2D eigenvalue weighted by atomic mass is 16.5. The van der Waals surface area contributed by atoms with Crippen molar-refractivity contribution in [1.82, 2.24) is 5.32 Å². The van der Waals surface area contributed by atoms with Crippen LogP contribution in [0.15, 0.2) is 48.5 Å². The molecule has 2 rings (SSSR count). The van der Waals surface area contributed by atoms with Gasteiger partial charge in [0.05, 0.1) is 19.8 Å². The zero-order chi connectivity index (χ0) is 17.5. The predicted octanol–water partition coefficient (Wildman–Crippen LogP) is 3.21. The van der Waals surface area contributed by atoms with E-state index in [1.54, 1.807) is 25.3 Å². The standard InChI is InChI=1S/C19H23NO4/c1-13(20-2)18(14-8-6-5-7-9-14)24-19(21)15-10-11-16(22-3)17(12-15)23-4/h5-13,18,20H,1-4H3. The van der Waals surface area contributed by atoms with Crippen molar-refractivity contribution in [2.24, 2.45) is 0 Å². The van der Waals surface area contributed by atoms with E-state index in [-0.39, 0.29) is 6.04 Å². The van der Waals surface area contributed by atoms with E-state index in [0.717, 1.165) is 5.56 Å². The third kappa shape index (κ3) is 4.06. The molecule has 2 aromatic rings. The smallest absolute Gasteiger partial charge is 0.338 e. The van der Waals surface area contributed by atoms with Gasteiger partial charge < -0.3 is 19.5 Å². The summed E-state index contributed by atoms with van der Waals surface area (Å²) in [7, 11) is 4.92. The fourth-order valence-electron chi connectivity index (χ4n) is 2.40. The number of hydrogen-bond acceptors (Lipinski definition) is 5. The molecule has 0 aliphatic carbocycles. The van der Waals surface area contributed by atoms with Crippen molar-refractivity contribution in [2.45, 2.75) is 19.1 Å². The second-order valence-corrected chi connectivity index (χ2v) is 5.38. The van der Waals surface area contributed by atoms with E-state index in [0.29, 0.717) is 17.1 Å². The normalized spacial score (nSPS) is 13.0. The molecule has 24 heavy (non-hydrogen) atoms. The lowest BCUT2D eigenvalue weighted by molar-refractivity contribution is 0.0219. The van der Waals surface area contributed by atoms with Crippen molar-refractivity contribution in [3.05, 3.63) is 59.7 Å². The number of methoxy groups -OCH3 is 2. The van der Waals surface area contributed by atoms with Crippen LogP contribution < -0.4 is 14.8 Å². The number of benzene rings is 2. The maximum absolute atomic E-state index is 12.6. The lowest BCUT2D eigenvalue weighted by atomic mass is 10.0. The number of nitrogens with one attached hydrogen (secondary N) is 1. The van der Waals surface area contributed by atoms with Gasteiger partial charge in [-0.05, 0) is 37.7 Å². The average Bonchev–Trinajstić information content (AvgIpc) is 2.65. The van der Waals surface area contributed by atoms with Gasteiger partial charge in [0.25, 0.3) is 0 Å². The van der Waals surface area contributed by atoms with Crippen LogP contribution in [-0.4, -0.2) is 33.3 Å². The van der Waals surface area contributed by atoms with E-state index >= 15 is 0 Å². The first-order valence-electron chi connectivity index (χ1n) is 7.76. The highest BCUT2D eigenvalue weighted by molar-refractivity contribution is 5.90. The van der Waals surface area contributed by atoms with Crippen molar-refractivity contribution >= 4 is 5.97 Å². The molecule has 0 aliphatic heterocycles. The molecule has 0 spiro atoms. The summed E-state index contributed by atoms with van der Waals surface area (Å²) in [5.74, 6) is 0.647. The maximum atomic E-state index is 12.6. The van der Waals surface area contributed by atoms with Crippen molar-refractivity contribution in [3.8, 4) is 11.5 Å². The van der Waals surface area contributed by atoms with E-state index in [2.05, 4.69) is 5.32 Å². The van der Waals surface area contributed by atoms with E-state index in [4.69, 9.17) is 14.2 Å². The van der Waals surface area contributed by atoms with Crippen LogP contribution in [0.2, 0.25) is 0 Å². The van der Waals surface area contributed by atoms with Crippen molar-refractivity contribution < 1.29 is 19.0 Å². The Kier molecular flexibility index (Phi) is 6.21. The molecule has 0 radical (unpaired) electrons. The Balaban J connectivity index is 2.25. The zero-order valence-electron chi connectivity index (χ0n) is 14.4. The van der Waals surface area contributed by atoms with Crippen molar-refractivity contribution in [1.29, 1.82) is 0 Å². The highest BCUT2D eigenvalue weighted by Crippen LogP contribution is 2.29. The monoisotopic (exact) mass is 329 g/mol. The number of rotatable bonds is 7. The fourth-order valence-corrected chi connectivity index (χ4v) is 2.40. The van der Waals surface area contributed by atoms with Crippen molar-refractivity contribution in [2.75, 3.05) is 21.3 Å². The summed E-state index contributed by atoms with van der Waals surface area (Å²) in [6.07, 6.45) is -0.392. The molecule has 0 heterocycles. The third-order valence-electron chi connectivity index (χ3n) is 3.89. The van der Waals surface area contributed by atoms with Crippen LogP contribution in [0.3, 0.4) is 0 Å². The lowest BCUT2D eigenvalue weighted by Gasteiger charge is -2.24. The minimum Gasteiger partial charge on any atom is -0.493 e. The zero-order valence-corrected chi connectivity index (χ0v) is 14.4. The Bertz CT molecular complexity index is 672. The molecule has 0 saturated carbocycles.